The molecule has 1 aliphatic carbocycles. The number of rotatable bonds is 4. The normalized spacial score (nSPS) is 15.8. The van der Waals surface area contributed by atoms with Crippen LogP contribution in [-0.4, -0.2) is 32.8 Å². The molecular formula is C22H19N5O2S. The minimum atomic E-state index is 0.0868. The number of para-hydroxylation sites is 1. The summed E-state index contributed by atoms with van der Waals surface area (Å²) in [7, 11) is 1.62. The number of hydrogen-bond acceptors (Lipinski definition) is 8. The fourth-order valence-corrected chi connectivity index (χ4v) is 4.66. The number of carbonyl (C=O) groups is 1. The van der Waals surface area contributed by atoms with Crippen LogP contribution in [0.25, 0.3) is 10.9 Å². The molecule has 1 N–H and O–H groups in total. The maximum atomic E-state index is 12.6. The molecule has 7 nitrogen and oxygen atoms in total. The van der Waals surface area contributed by atoms with Crippen LogP contribution in [0.4, 0.5) is 11.9 Å². The molecule has 150 valence electrons. The number of benzene rings is 1. The van der Waals surface area contributed by atoms with E-state index in [0.29, 0.717) is 36.1 Å². The van der Waals surface area contributed by atoms with E-state index in [4.69, 9.17) is 4.74 Å². The molecule has 4 aromatic rings. The van der Waals surface area contributed by atoms with E-state index in [-0.39, 0.29) is 11.7 Å². The van der Waals surface area contributed by atoms with E-state index in [2.05, 4.69) is 31.3 Å². The van der Waals surface area contributed by atoms with Crippen molar-refractivity contribution in [3.8, 4) is 5.75 Å². The summed E-state index contributed by atoms with van der Waals surface area (Å²) in [4.78, 5) is 31.9. The first-order valence-electron chi connectivity index (χ1n) is 9.63. The minimum Gasteiger partial charge on any atom is -0.494 e. The topological polar surface area (TPSA) is 89.9 Å². The maximum Gasteiger partial charge on any atom is 0.230 e. The monoisotopic (exact) mass is 417 g/mol. The molecule has 1 aromatic carbocycles. The van der Waals surface area contributed by atoms with E-state index in [9.17, 15) is 4.79 Å². The fourth-order valence-electron chi connectivity index (χ4n) is 3.83. The number of aromatic nitrogens is 4. The number of ketones is 1. The smallest absolute Gasteiger partial charge is 0.230 e. The Bertz CT molecular complexity index is 1260. The lowest BCUT2D eigenvalue weighted by Gasteiger charge is -2.22. The van der Waals surface area contributed by atoms with Gasteiger partial charge in [-0.25, -0.2) is 19.9 Å². The molecule has 0 saturated carbocycles. The van der Waals surface area contributed by atoms with Crippen LogP contribution in [0.3, 0.4) is 0 Å². The minimum absolute atomic E-state index is 0.0868. The maximum absolute atomic E-state index is 12.6. The summed E-state index contributed by atoms with van der Waals surface area (Å²) in [5.41, 5.74) is 2.91. The zero-order valence-electron chi connectivity index (χ0n) is 16.5. The zero-order valence-corrected chi connectivity index (χ0v) is 17.4. The molecule has 0 aliphatic heterocycles. The number of methoxy groups -OCH3 is 1. The van der Waals surface area contributed by atoms with Crippen LogP contribution in [0.15, 0.2) is 41.9 Å². The number of nitrogens with zero attached hydrogens (tertiary/aromatic N) is 4. The SMILES string of the molecule is COc1cccc2c(C)nc(Nc3ncc4c(n3)C[C@H](c3cccs3)CC4=O)nc12. The number of carbonyl (C=O) groups excluding carboxylic acids is 1. The molecule has 0 radical (unpaired) electrons. The molecule has 5 rings (SSSR count). The Balaban J connectivity index is 1.48. The second kappa shape index (κ2) is 7.46. The van der Waals surface area contributed by atoms with Gasteiger partial charge >= 0.3 is 0 Å². The van der Waals surface area contributed by atoms with E-state index >= 15 is 0 Å². The summed E-state index contributed by atoms with van der Waals surface area (Å²) in [6.07, 6.45) is 2.81. The van der Waals surface area contributed by atoms with Crippen molar-refractivity contribution < 1.29 is 9.53 Å². The molecule has 3 heterocycles. The Morgan fingerprint density at radius 1 is 1.10 bits per heavy atom. The molecule has 0 fully saturated rings. The number of Topliss-reactive ketones (excluding diaryl/α,β-unsaturated/α-hetero) is 1. The molecule has 8 heteroatoms. The molecular weight excluding hydrogens is 398 g/mol. The first kappa shape index (κ1) is 18.6. The van der Waals surface area contributed by atoms with Crippen molar-refractivity contribution in [3.05, 3.63) is 63.7 Å². The van der Waals surface area contributed by atoms with Crippen LogP contribution in [-0.2, 0) is 6.42 Å². The lowest BCUT2D eigenvalue weighted by Crippen LogP contribution is -2.20. The van der Waals surface area contributed by atoms with Crippen LogP contribution >= 0.6 is 11.3 Å². The van der Waals surface area contributed by atoms with Crippen LogP contribution in [0, 0.1) is 6.92 Å². The molecule has 1 atom stereocenters. The van der Waals surface area contributed by atoms with Crippen LogP contribution in [0.1, 0.15) is 39.0 Å². The summed E-state index contributed by atoms with van der Waals surface area (Å²) in [6.45, 7) is 1.92. The highest BCUT2D eigenvalue weighted by molar-refractivity contribution is 7.10. The molecule has 0 unspecified atom stereocenters. The van der Waals surface area contributed by atoms with Gasteiger partial charge in [-0.05, 0) is 30.9 Å². The van der Waals surface area contributed by atoms with Crippen molar-refractivity contribution in [3.63, 3.8) is 0 Å². The molecule has 0 spiro atoms. The van der Waals surface area contributed by atoms with Gasteiger partial charge in [-0.15, -0.1) is 11.3 Å². The number of fused-ring (bicyclic) bond motifs is 2. The van der Waals surface area contributed by atoms with Crippen molar-refractivity contribution in [2.45, 2.75) is 25.7 Å². The van der Waals surface area contributed by atoms with Gasteiger partial charge in [0.2, 0.25) is 11.9 Å². The summed E-state index contributed by atoms with van der Waals surface area (Å²) in [6, 6.07) is 9.83. The highest BCUT2D eigenvalue weighted by Gasteiger charge is 2.28. The number of anilines is 2. The predicted molar refractivity (Wildman–Crippen MR) is 116 cm³/mol. The summed E-state index contributed by atoms with van der Waals surface area (Å²) in [5, 5.41) is 6.06. The summed E-state index contributed by atoms with van der Waals surface area (Å²) >= 11 is 1.68. The Hall–Kier alpha value is -3.39. The van der Waals surface area contributed by atoms with Gasteiger partial charge in [0.15, 0.2) is 5.78 Å². The Morgan fingerprint density at radius 2 is 2.00 bits per heavy atom. The molecule has 0 amide bonds. The van der Waals surface area contributed by atoms with Crippen molar-refractivity contribution in [2.24, 2.45) is 0 Å². The first-order chi connectivity index (χ1) is 14.6. The van der Waals surface area contributed by atoms with Crippen LogP contribution in [0.5, 0.6) is 5.75 Å². The second-order valence-corrected chi connectivity index (χ2v) is 8.19. The molecule has 3 aromatic heterocycles. The van der Waals surface area contributed by atoms with E-state index in [1.54, 1.807) is 24.6 Å². The standard InChI is InChI=1S/C22H19N5O2S/c1-12-14-5-3-6-18(29-2)20(14)26-22(24-12)27-21-23-11-15-16(25-21)9-13(10-17(15)28)19-7-4-8-30-19/h3-8,11,13H,9-10H2,1-2H3,(H,23,24,25,26,27)/t13-/m0/s1. The number of aryl methyl sites for hydroxylation is 1. The van der Waals surface area contributed by atoms with E-state index in [1.165, 1.54) is 4.88 Å². The van der Waals surface area contributed by atoms with E-state index in [0.717, 1.165) is 22.3 Å². The highest BCUT2D eigenvalue weighted by Crippen LogP contribution is 2.34. The number of ether oxygens (including phenoxy) is 1. The Kier molecular flexibility index (Phi) is 4.63. The first-order valence-corrected chi connectivity index (χ1v) is 10.5. The molecule has 0 bridgehead atoms. The summed E-state index contributed by atoms with van der Waals surface area (Å²) in [5.74, 6) is 1.69. The van der Waals surface area contributed by atoms with Gasteiger partial charge < -0.3 is 4.74 Å². The van der Waals surface area contributed by atoms with Gasteiger partial charge in [-0.3, -0.25) is 10.1 Å². The Labute approximate surface area is 177 Å². The number of nitrogens with one attached hydrogen (secondary N) is 1. The van der Waals surface area contributed by atoms with Gasteiger partial charge in [0.25, 0.3) is 0 Å². The lowest BCUT2D eigenvalue weighted by atomic mass is 9.86. The predicted octanol–water partition coefficient (Wildman–Crippen LogP) is 4.45. The zero-order chi connectivity index (χ0) is 20.7. The average Bonchev–Trinajstić information content (AvgIpc) is 3.28. The van der Waals surface area contributed by atoms with Crippen molar-refractivity contribution in [1.82, 2.24) is 19.9 Å². The van der Waals surface area contributed by atoms with E-state index in [1.807, 2.05) is 36.6 Å². The number of hydrogen-bond donors (Lipinski definition) is 1. The third-order valence-corrected chi connectivity index (χ3v) is 6.34. The van der Waals surface area contributed by atoms with Crippen LogP contribution < -0.4 is 10.1 Å². The molecule has 1 aliphatic rings. The van der Waals surface area contributed by atoms with Crippen molar-refractivity contribution in [2.75, 3.05) is 12.4 Å². The van der Waals surface area contributed by atoms with Crippen LogP contribution in [0.2, 0.25) is 0 Å². The van der Waals surface area contributed by atoms with Crippen molar-refractivity contribution >= 4 is 39.9 Å². The highest BCUT2D eigenvalue weighted by atomic mass is 32.1. The fraction of sp³-hybridized carbons (Fsp3) is 0.227. The average molecular weight is 417 g/mol. The van der Waals surface area contributed by atoms with Crippen molar-refractivity contribution in [1.29, 1.82) is 0 Å². The van der Waals surface area contributed by atoms with Gasteiger partial charge in [-0.1, -0.05) is 18.2 Å². The van der Waals surface area contributed by atoms with Gasteiger partial charge in [0.1, 0.15) is 11.3 Å². The quantitative estimate of drug-likeness (QED) is 0.524. The lowest BCUT2D eigenvalue weighted by molar-refractivity contribution is 0.0963. The second-order valence-electron chi connectivity index (χ2n) is 7.21. The van der Waals surface area contributed by atoms with Gasteiger partial charge in [0.05, 0.1) is 24.1 Å². The molecule has 30 heavy (non-hydrogen) atoms. The van der Waals surface area contributed by atoms with Gasteiger partial charge in [0, 0.05) is 28.8 Å². The number of thiophene rings is 1. The Morgan fingerprint density at radius 3 is 2.80 bits per heavy atom. The largest absolute Gasteiger partial charge is 0.494 e. The third-order valence-electron chi connectivity index (χ3n) is 5.31. The van der Waals surface area contributed by atoms with E-state index < -0.39 is 0 Å². The molecule has 0 saturated heterocycles. The van der Waals surface area contributed by atoms with Gasteiger partial charge in [-0.2, -0.15) is 0 Å². The summed E-state index contributed by atoms with van der Waals surface area (Å²) < 4.78 is 5.44. The third kappa shape index (κ3) is 3.29.